The highest BCUT2D eigenvalue weighted by Gasteiger charge is 2.15. The number of rotatable bonds is 7. The van der Waals surface area contributed by atoms with Gasteiger partial charge in [0, 0.05) is 29.0 Å². The molecule has 0 unspecified atom stereocenters. The first-order valence-corrected chi connectivity index (χ1v) is 9.02. The lowest BCUT2D eigenvalue weighted by molar-refractivity contribution is -0.136. The molecule has 0 radical (unpaired) electrons. The lowest BCUT2D eigenvalue weighted by atomic mass is 10.1. The molecule has 0 saturated carbocycles. The minimum atomic E-state index is -0.808. The standard InChI is InChI=1S/C20H21NO4S/c1-13-4-7-15(8-5-13)26-21-12-14(6-9-20(22)23)16-10-18(24-2)19(25-3)11-17(16)21/h4-5,7-8,10-12H,6,9H2,1-3H3,(H,22,23). The van der Waals surface area contributed by atoms with Crippen molar-refractivity contribution in [1.29, 1.82) is 0 Å². The topological polar surface area (TPSA) is 60.7 Å². The molecule has 0 amide bonds. The Labute approximate surface area is 156 Å². The van der Waals surface area contributed by atoms with E-state index in [2.05, 4.69) is 35.2 Å². The highest BCUT2D eigenvalue weighted by Crippen LogP contribution is 2.37. The summed E-state index contributed by atoms with van der Waals surface area (Å²) in [5.74, 6) is 0.473. The molecule has 0 aliphatic carbocycles. The largest absolute Gasteiger partial charge is 0.493 e. The highest BCUT2D eigenvalue weighted by molar-refractivity contribution is 7.98. The number of fused-ring (bicyclic) bond motifs is 1. The first-order chi connectivity index (χ1) is 12.5. The van der Waals surface area contributed by atoms with Gasteiger partial charge in [-0.1, -0.05) is 17.7 Å². The van der Waals surface area contributed by atoms with Crippen molar-refractivity contribution >= 4 is 28.8 Å². The Kier molecular flexibility index (Phi) is 5.42. The molecule has 0 spiro atoms. The number of benzene rings is 2. The third-order valence-electron chi connectivity index (χ3n) is 4.19. The fraction of sp³-hybridized carbons (Fsp3) is 0.250. The summed E-state index contributed by atoms with van der Waals surface area (Å²) in [7, 11) is 3.20. The molecule has 26 heavy (non-hydrogen) atoms. The van der Waals surface area contributed by atoms with Crippen LogP contribution in [0.15, 0.2) is 47.5 Å². The molecular weight excluding hydrogens is 350 g/mol. The van der Waals surface area contributed by atoms with Crippen molar-refractivity contribution in [1.82, 2.24) is 3.97 Å². The van der Waals surface area contributed by atoms with Gasteiger partial charge in [-0.05, 0) is 49.1 Å². The molecule has 0 aliphatic heterocycles. The van der Waals surface area contributed by atoms with Gasteiger partial charge >= 0.3 is 5.97 Å². The van der Waals surface area contributed by atoms with E-state index in [0.717, 1.165) is 21.4 Å². The average Bonchev–Trinajstić information content (AvgIpc) is 2.97. The van der Waals surface area contributed by atoms with Crippen molar-refractivity contribution in [3.05, 3.63) is 53.7 Å². The van der Waals surface area contributed by atoms with Crippen molar-refractivity contribution in [2.24, 2.45) is 0 Å². The van der Waals surface area contributed by atoms with E-state index in [-0.39, 0.29) is 6.42 Å². The normalized spacial score (nSPS) is 10.9. The molecule has 2 aromatic carbocycles. The zero-order valence-electron chi connectivity index (χ0n) is 15.0. The number of carbonyl (C=O) groups is 1. The first kappa shape index (κ1) is 18.2. The maximum Gasteiger partial charge on any atom is 0.303 e. The fourth-order valence-corrected chi connectivity index (χ4v) is 3.73. The first-order valence-electron chi connectivity index (χ1n) is 8.24. The maximum absolute atomic E-state index is 11.0. The van der Waals surface area contributed by atoms with Crippen molar-refractivity contribution in [3.63, 3.8) is 0 Å². The van der Waals surface area contributed by atoms with Crippen molar-refractivity contribution < 1.29 is 19.4 Å². The summed E-state index contributed by atoms with van der Waals surface area (Å²) in [6.45, 7) is 2.06. The van der Waals surface area contributed by atoms with Crippen LogP contribution in [0.3, 0.4) is 0 Å². The molecule has 6 heteroatoms. The smallest absolute Gasteiger partial charge is 0.303 e. The summed E-state index contributed by atoms with van der Waals surface area (Å²) in [6.07, 6.45) is 2.54. The number of aromatic nitrogens is 1. The maximum atomic E-state index is 11.0. The van der Waals surface area contributed by atoms with Gasteiger partial charge in [0.2, 0.25) is 0 Å². The third kappa shape index (κ3) is 3.80. The number of methoxy groups -OCH3 is 2. The molecule has 1 aromatic heterocycles. The second-order valence-electron chi connectivity index (χ2n) is 6.00. The number of carboxylic acids is 1. The Balaban J connectivity index is 2.08. The minimum Gasteiger partial charge on any atom is -0.493 e. The number of carboxylic acid groups (broad SMARTS) is 1. The summed E-state index contributed by atoms with van der Waals surface area (Å²) in [5.41, 5.74) is 3.15. The summed E-state index contributed by atoms with van der Waals surface area (Å²) in [6, 6.07) is 12.1. The van der Waals surface area contributed by atoms with Crippen LogP contribution in [0.2, 0.25) is 0 Å². The lowest BCUT2D eigenvalue weighted by Crippen LogP contribution is -1.97. The van der Waals surface area contributed by atoms with Crippen LogP contribution in [0.4, 0.5) is 0 Å². The molecule has 136 valence electrons. The number of hydrogen-bond acceptors (Lipinski definition) is 4. The van der Waals surface area contributed by atoms with Crippen molar-refractivity contribution in [2.45, 2.75) is 24.7 Å². The van der Waals surface area contributed by atoms with Crippen molar-refractivity contribution in [2.75, 3.05) is 14.2 Å². The van der Waals surface area contributed by atoms with E-state index in [1.54, 1.807) is 26.2 Å². The van der Waals surface area contributed by atoms with Gasteiger partial charge in [-0.25, -0.2) is 0 Å². The molecule has 3 aromatic rings. The number of aryl methyl sites for hydroxylation is 2. The van der Waals surface area contributed by atoms with Crippen LogP contribution in [0, 0.1) is 6.92 Å². The van der Waals surface area contributed by atoms with Gasteiger partial charge in [0.1, 0.15) is 0 Å². The Hall–Kier alpha value is -2.60. The van der Waals surface area contributed by atoms with Gasteiger partial charge in [-0.2, -0.15) is 0 Å². The van der Waals surface area contributed by atoms with Gasteiger partial charge in [-0.3, -0.25) is 8.77 Å². The molecule has 0 bridgehead atoms. The van der Waals surface area contributed by atoms with E-state index in [1.165, 1.54) is 5.56 Å². The fourth-order valence-electron chi connectivity index (χ4n) is 2.82. The summed E-state index contributed by atoms with van der Waals surface area (Å²) in [5, 5.41) is 10.0. The van der Waals surface area contributed by atoms with E-state index < -0.39 is 5.97 Å². The Bertz CT molecular complexity index is 931. The number of hydrogen-bond donors (Lipinski definition) is 1. The van der Waals surface area contributed by atoms with Gasteiger partial charge in [0.05, 0.1) is 19.7 Å². The molecule has 5 nitrogen and oxygen atoms in total. The Morgan fingerprint density at radius 3 is 2.38 bits per heavy atom. The predicted molar refractivity (Wildman–Crippen MR) is 103 cm³/mol. The molecule has 0 saturated heterocycles. The number of aliphatic carboxylic acids is 1. The lowest BCUT2D eigenvalue weighted by Gasteiger charge is -2.10. The Morgan fingerprint density at radius 1 is 1.12 bits per heavy atom. The zero-order valence-corrected chi connectivity index (χ0v) is 15.8. The number of ether oxygens (including phenoxy) is 2. The van der Waals surface area contributed by atoms with Gasteiger partial charge in [0.15, 0.2) is 11.5 Å². The molecule has 3 rings (SSSR count). The Morgan fingerprint density at radius 2 is 1.77 bits per heavy atom. The van der Waals surface area contributed by atoms with E-state index in [1.807, 2.05) is 18.3 Å². The van der Waals surface area contributed by atoms with Gasteiger partial charge in [-0.15, -0.1) is 0 Å². The van der Waals surface area contributed by atoms with Crippen molar-refractivity contribution in [3.8, 4) is 11.5 Å². The summed E-state index contributed by atoms with van der Waals surface area (Å²) >= 11 is 1.59. The zero-order chi connectivity index (χ0) is 18.7. The van der Waals surface area contributed by atoms with Crippen LogP contribution in [0.1, 0.15) is 17.5 Å². The van der Waals surface area contributed by atoms with E-state index >= 15 is 0 Å². The highest BCUT2D eigenvalue weighted by atomic mass is 32.2. The molecule has 0 fully saturated rings. The van der Waals surface area contributed by atoms with Crippen LogP contribution in [0.25, 0.3) is 10.9 Å². The van der Waals surface area contributed by atoms with E-state index in [9.17, 15) is 4.79 Å². The second-order valence-corrected chi connectivity index (χ2v) is 7.05. The molecule has 0 atom stereocenters. The summed E-state index contributed by atoms with van der Waals surface area (Å²) in [4.78, 5) is 12.1. The van der Waals surface area contributed by atoms with Crippen LogP contribution in [-0.2, 0) is 11.2 Å². The SMILES string of the molecule is COc1cc2c(CCC(=O)O)cn(Sc3ccc(C)cc3)c2cc1OC. The van der Waals surface area contributed by atoms with Crippen LogP contribution >= 0.6 is 11.9 Å². The van der Waals surface area contributed by atoms with Crippen LogP contribution < -0.4 is 9.47 Å². The van der Waals surface area contributed by atoms with Crippen LogP contribution in [-0.4, -0.2) is 29.3 Å². The van der Waals surface area contributed by atoms with Gasteiger partial charge < -0.3 is 14.6 Å². The van der Waals surface area contributed by atoms with Gasteiger partial charge in [0.25, 0.3) is 0 Å². The molecule has 0 aliphatic rings. The second kappa shape index (κ2) is 7.74. The van der Waals surface area contributed by atoms with Crippen LogP contribution in [0.5, 0.6) is 11.5 Å². The molecule has 1 N–H and O–H groups in total. The minimum absolute atomic E-state index is 0.0860. The summed E-state index contributed by atoms with van der Waals surface area (Å²) < 4.78 is 12.9. The quantitative estimate of drug-likeness (QED) is 0.661. The average molecular weight is 371 g/mol. The molecular formula is C20H21NO4S. The van der Waals surface area contributed by atoms with E-state index in [0.29, 0.717) is 17.9 Å². The number of nitrogens with zero attached hydrogens (tertiary/aromatic N) is 1. The molecule has 1 heterocycles. The third-order valence-corrected chi connectivity index (χ3v) is 5.17. The monoisotopic (exact) mass is 371 g/mol. The van der Waals surface area contributed by atoms with E-state index in [4.69, 9.17) is 14.6 Å². The predicted octanol–water partition coefficient (Wildman–Crippen LogP) is 4.54.